The molecule has 2 aromatic carbocycles. The van der Waals surface area contributed by atoms with Gasteiger partial charge in [0.15, 0.2) is 0 Å². The van der Waals surface area contributed by atoms with Gasteiger partial charge in [0, 0.05) is 43.0 Å². The van der Waals surface area contributed by atoms with Crippen LogP contribution in [0.25, 0.3) is 0 Å². The maximum Gasteiger partial charge on any atom is 0.488 e. The van der Waals surface area contributed by atoms with Gasteiger partial charge in [-0.05, 0) is 48.5 Å². The largest absolute Gasteiger partial charge is 0.488 e. The van der Waals surface area contributed by atoms with E-state index >= 15 is 0 Å². The molecule has 34 heavy (non-hydrogen) atoms. The van der Waals surface area contributed by atoms with E-state index < -0.39 is 13.0 Å². The molecule has 1 amide bonds. The Labute approximate surface area is 198 Å². The Morgan fingerprint density at radius 1 is 1.21 bits per heavy atom. The monoisotopic (exact) mass is 458 g/mol. The first-order valence-electron chi connectivity index (χ1n) is 11.3. The average molecular weight is 458 g/mol. The maximum atomic E-state index is 12.0. The smallest absolute Gasteiger partial charge is 0.423 e. The number of nitrogens with one attached hydrogen (secondary N) is 1. The predicted molar refractivity (Wildman–Crippen MR) is 133 cm³/mol. The Bertz CT molecular complexity index is 1270. The van der Waals surface area contributed by atoms with Gasteiger partial charge in [-0.1, -0.05) is 30.3 Å². The van der Waals surface area contributed by atoms with Crippen LogP contribution in [0.1, 0.15) is 34.0 Å². The molecule has 0 radical (unpaired) electrons. The molecule has 2 aliphatic heterocycles. The molecular weight excluding hydrogens is 431 g/mol. The summed E-state index contributed by atoms with van der Waals surface area (Å²) >= 11 is 0. The fourth-order valence-electron chi connectivity index (χ4n) is 4.87. The second kappa shape index (κ2) is 8.62. The number of fused-ring (bicyclic) bond motifs is 2. The molecule has 0 fully saturated rings. The minimum atomic E-state index is -1.51. The van der Waals surface area contributed by atoms with Gasteiger partial charge in [0.2, 0.25) is 11.9 Å². The Balaban J connectivity index is 1.52. The number of nitrogens with two attached hydrogens (primary N) is 1. The zero-order chi connectivity index (χ0) is 24.0. The standard InChI is InChI=1S/C24H27BN6O3/c1-14-11-19-17(21(26)32)7-4-8-20(19)31(14)24-28-22(18-9-10-30(2)23(18)29-24)27-13-15-5-3-6-16(12-15)25(33)34/h3-8,12,14,33-34H,9-11,13H2,1-2H3,(H2,26,32)(H,27,28,29). The molecule has 3 heterocycles. The third kappa shape index (κ3) is 3.84. The highest BCUT2D eigenvalue weighted by atomic mass is 16.4. The number of anilines is 4. The van der Waals surface area contributed by atoms with E-state index in [9.17, 15) is 14.8 Å². The Hall–Kier alpha value is -3.63. The maximum absolute atomic E-state index is 12.0. The van der Waals surface area contributed by atoms with Crippen LogP contribution in [0.5, 0.6) is 0 Å². The van der Waals surface area contributed by atoms with Crippen LogP contribution in [0.4, 0.5) is 23.3 Å². The number of hydrogen-bond acceptors (Lipinski definition) is 8. The number of hydrogen-bond donors (Lipinski definition) is 4. The molecule has 1 atom stereocenters. The quantitative estimate of drug-likeness (QED) is 0.402. The van der Waals surface area contributed by atoms with Crippen LogP contribution in [0.3, 0.4) is 0 Å². The van der Waals surface area contributed by atoms with Crippen LogP contribution in [-0.4, -0.2) is 52.7 Å². The summed E-state index contributed by atoms with van der Waals surface area (Å²) in [7, 11) is 0.510. The second-order valence-electron chi connectivity index (χ2n) is 8.91. The first-order valence-corrected chi connectivity index (χ1v) is 11.3. The summed E-state index contributed by atoms with van der Waals surface area (Å²) in [5.41, 5.74) is 10.4. The molecule has 0 saturated heterocycles. The van der Waals surface area contributed by atoms with Gasteiger partial charge in [-0.15, -0.1) is 0 Å². The highest BCUT2D eigenvalue weighted by Crippen LogP contribution is 2.41. The minimum absolute atomic E-state index is 0.0656. The molecule has 5 rings (SSSR count). The van der Waals surface area contributed by atoms with Crippen molar-refractivity contribution in [3.8, 4) is 0 Å². The van der Waals surface area contributed by atoms with Crippen molar-refractivity contribution in [1.82, 2.24) is 9.97 Å². The number of likely N-dealkylation sites (N-methyl/N-ethyl adjacent to an activating group) is 1. The molecule has 0 saturated carbocycles. The summed E-state index contributed by atoms with van der Waals surface area (Å²) in [6.07, 6.45) is 1.52. The van der Waals surface area contributed by atoms with Crippen molar-refractivity contribution in [2.75, 3.05) is 28.7 Å². The van der Waals surface area contributed by atoms with Crippen LogP contribution in [0, 0.1) is 0 Å². The van der Waals surface area contributed by atoms with Crippen molar-refractivity contribution in [1.29, 1.82) is 0 Å². The number of benzene rings is 2. The normalized spacial score (nSPS) is 16.4. The third-order valence-electron chi connectivity index (χ3n) is 6.57. The van der Waals surface area contributed by atoms with E-state index in [2.05, 4.69) is 22.0 Å². The van der Waals surface area contributed by atoms with E-state index in [-0.39, 0.29) is 6.04 Å². The van der Waals surface area contributed by atoms with Gasteiger partial charge in [-0.3, -0.25) is 4.79 Å². The number of carbonyl (C=O) groups is 1. The van der Waals surface area contributed by atoms with Crippen LogP contribution in [0.2, 0.25) is 0 Å². The van der Waals surface area contributed by atoms with Gasteiger partial charge in [0.05, 0.1) is 0 Å². The van der Waals surface area contributed by atoms with Gasteiger partial charge >= 0.3 is 7.12 Å². The lowest BCUT2D eigenvalue weighted by atomic mass is 9.79. The third-order valence-corrected chi connectivity index (χ3v) is 6.57. The zero-order valence-electron chi connectivity index (χ0n) is 19.2. The molecule has 0 aliphatic carbocycles. The Morgan fingerprint density at radius 2 is 2.00 bits per heavy atom. The number of amides is 1. The van der Waals surface area contributed by atoms with Gasteiger partial charge < -0.3 is 30.9 Å². The average Bonchev–Trinajstić information content (AvgIpc) is 3.36. The van der Waals surface area contributed by atoms with Crippen molar-refractivity contribution >= 4 is 41.8 Å². The van der Waals surface area contributed by atoms with Gasteiger partial charge in [0.25, 0.3) is 0 Å². The van der Waals surface area contributed by atoms with Crippen LogP contribution < -0.4 is 26.3 Å². The van der Waals surface area contributed by atoms with E-state index in [1.54, 1.807) is 24.3 Å². The van der Waals surface area contributed by atoms with Crippen molar-refractivity contribution in [2.45, 2.75) is 32.4 Å². The molecule has 174 valence electrons. The summed E-state index contributed by atoms with van der Waals surface area (Å²) in [4.78, 5) is 26.0. The second-order valence-corrected chi connectivity index (χ2v) is 8.91. The van der Waals surface area contributed by atoms with E-state index in [1.807, 2.05) is 25.2 Å². The molecule has 3 aromatic rings. The van der Waals surface area contributed by atoms with Crippen molar-refractivity contribution in [3.05, 3.63) is 64.7 Å². The van der Waals surface area contributed by atoms with Gasteiger partial charge in [-0.2, -0.15) is 9.97 Å². The van der Waals surface area contributed by atoms with Crippen LogP contribution in [0.15, 0.2) is 42.5 Å². The molecule has 10 heteroatoms. The molecular formula is C24H27BN6O3. The molecule has 0 spiro atoms. The Kier molecular flexibility index (Phi) is 5.62. The number of carbonyl (C=O) groups excluding carboxylic acids is 1. The molecule has 0 bridgehead atoms. The summed E-state index contributed by atoms with van der Waals surface area (Å²) in [6.45, 7) is 3.42. The van der Waals surface area contributed by atoms with Gasteiger partial charge in [0.1, 0.15) is 11.6 Å². The molecule has 1 unspecified atom stereocenters. The number of rotatable bonds is 6. The molecule has 2 aliphatic rings. The lowest BCUT2D eigenvalue weighted by molar-refractivity contribution is 0.0999. The lowest BCUT2D eigenvalue weighted by Crippen LogP contribution is -2.30. The minimum Gasteiger partial charge on any atom is -0.423 e. The fourth-order valence-corrected chi connectivity index (χ4v) is 4.87. The van der Waals surface area contributed by atoms with Crippen molar-refractivity contribution < 1.29 is 14.8 Å². The van der Waals surface area contributed by atoms with Crippen molar-refractivity contribution in [2.24, 2.45) is 5.73 Å². The summed E-state index contributed by atoms with van der Waals surface area (Å²) in [5.74, 6) is 1.78. The number of primary amides is 1. The van der Waals surface area contributed by atoms with E-state index in [1.165, 1.54) is 0 Å². The first-order chi connectivity index (χ1) is 16.3. The van der Waals surface area contributed by atoms with Crippen molar-refractivity contribution in [3.63, 3.8) is 0 Å². The predicted octanol–water partition coefficient (Wildman–Crippen LogP) is 0.942. The van der Waals surface area contributed by atoms with E-state index in [0.717, 1.165) is 47.0 Å². The number of nitrogens with zero attached hydrogens (tertiary/aromatic N) is 4. The highest BCUT2D eigenvalue weighted by molar-refractivity contribution is 6.58. The summed E-state index contributed by atoms with van der Waals surface area (Å²) in [5, 5.41) is 22.4. The van der Waals surface area contributed by atoms with Gasteiger partial charge in [-0.25, -0.2) is 0 Å². The first kappa shape index (κ1) is 22.2. The lowest BCUT2D eigenvalue weighted by Gasteiger charge is -2.25. The van der Waals surface area contributed by atoms with E-state index in [0.29, 0.717) is 29.9 Å². The fraction of sp³-hybridized carbons (Fsp3) is 0.292. The van der Waals surface area contributed by atoms with E-state index in [4.69, 9.17) is 15.7 Å². The molecule has 1 aromatic heterocycles. The topological polar surface area (TPSA) is 128 Å². The van der Waals surface area contributed by atoms with Crippen LogP contribution >= 0.6 is 0 Å². The zero-order valence-corrected chi connectivity index (χ0v) is 19.2. The highest BCUT2D eigenvalue weighted by Gasteiger charge is 2.34. The molecule has 9 nitrogen and oxygen atoms in total. The SMILES string of the molecule is CC1Cc2c(C(N)=O)cccc2N1c1nc(NCc2cccc(B(O)O)c2)c2c(n1)N(C)CC2. The number of aromatic nitrogens is 2. The van der Waals surface area contributed by atoms with Crippen LogP contribution in [-0.2, 0) is 19.4 Å². The summed E-state index contributed by atoms with van der Waals surface area (Å²) < 4.78 is 0. The Morgan fingerprint density at radius 3 is 2.76 bits per heavy atom. The molecule has 5 N–H and O–H groups in total. The summed E-state index contributed by atoms with van der Waals surface area (Å²) in [6, 6.07) is 12.8.